The highest BCUT2D eigenvalue weighted by Gasteiger charge is 2.22. The molecule has 0 aliphatic carbocycles. The highest BCUT2D eigenvalue weighted by atomic mass is 32.1. The Kier molecular flexibility index (Phi) is 7.77. The lowest BCUT2D eigenvalue weighted by molar-refractivity contribution is -0.133. The molecule has 0 spiro atoms. The number of hydrogen-bond acceptors (Lipinski definition) is 5. The first-order valence-corrected chi connectivity index (χ1v) is 12.8. The Morgan fingerprint density at radius 2 is 1.88 bits per heavy atom. The van der Waals surface area contributed by atoms with E-state index in [0.717, 1.165) is 42.8 Å². The Bertz CT molecular complexity index is 1210. The third kappa shape index (κ3) is 5.73. The predicted molar refractivity (Wildman–Crippen MR) is 135 cm³/mol. The van der Waals surface area contributed by atoms with Crippen molar-refractivity contribution in [2.75, 3.05) is 19.6 Å². The van der Waals surface area contributed by atoms with Crippen molar-refractivity contribution in [1.82, 2.24) is 19.8 Å². The van der Waals surface area contributed by atoms with Gasteiger partial charge in [-0.2, -0.15) is 0 Å². The number of nitrogens with one attached hydrogen (secondary N) is 1. The first-order chi connectivity index (χ1) is 16.4. The van der Waals surface area contributed by atoms with E-state index >= 15 is 0 Å². The largest absolute Gasteiger partial charge is 0.355 e. The van der Waals surface area contributed by atoms with Crippen molar-refractivity contribution in [2.24, 2.45) is 5.92 Å². The van der Waals surface area contributed by atoms with Gasteiger partial charge in [0.15, 0.2) is 0 Å². The van der Waals surface area contributed by atoms with Crippen LogP contribution < -0.4 is 10.9 Å². The summed E-state index contributed by atoms with van der Waals surface area (Å²) in [4.78, 5) is 45.7. The van der Waals surface area contributed by atoms with Gasteiger partial charge in [0.05, 0.1) is 11.7 Å². The first-order valence-electron chi connectivity index (χ1n) is 12.0. The van der Waals surface area contributed by atoms with Gasteiger partial charge in [0, 0.05) is 30.9 Å². The van der Waals surface area contributed by atoms with E-state index in [1.165, 1.54) is 27.8 Å². The number of hydrogen-bond donors (Lipinski definition) is 1. The van der Waals surface area contributed by atoms with Gasteiger partial charge in [-0.3, -0.25) is 19.0 Å². The molecule has 2 amide bonds. The van der Waals surface area contributed by atoms with Crippen LogP contribution in [0.25, 0.3) is 10.2 Å². The van der Waals surface area contributed by atoms with Crippen LogP contribution in [-0.2, 0) is 22.6 Å². The number of nitrogens with zero attached hydrogens (tertiary/aromatic N) is 3. The van der Waals surface area contributed by atoms with E-state index in [0.29, 0.717) is 35.5 Å². The molecule has 1 saturated heterocycles. The zero-order chi connectivity index (χ0) is 24.1. The van der Waals surface area contributed by atoms with Crippen molar-refractivity contribution in [2.45, 2.75) is 52.5 Å². The Balaban J connectivity index is 1.17. The molecule has 8 heteroatoms. The van der Waals surface area contributed by atoms with E-state index in [1.807, 2.05) is 24.8 Å². The Hall–Kier alpha value is -3.00. The molecule has 34 heavy (non-hydrogen) atoms. The van der Waals surface area contributed by atoms with Gasteiger partial charge >= 0.3 is 0 Å². The molecular weight excluding hydrogens is 448 g/mol. The van der Waals surface area contributed by atoms with Gasteiger partial charge in [-0.15, -0.1) is 11.3 Å². The zero-order valence-electron chi connectivity index (χ0n) is 19.9. The van der Waals surface area contributed by atoms with E-state index in [-0.39, 0.29) is 23.9 Å². The number of piperidine rings is 1. The second kappa shape index (κ2) is 11.0. The number of benzene rings is 1. The molecule has 7 nitrogen and oxygen atoms in total. The third-order valence-electron chi connectivity index (χ3n) is 6.69. The number of aromatic nitrogens is 2. The summed E-state index contributed by atoms with van der Waals surface area (Å²) in [6.07, 6.45) is 5.59. The number of carbonyl (C=O) groups excluding carboxylic acids is 2. The summed E-state index contributed by atoms with van der Waals surface area (Å²) in [5.41, 5.74) is 2.10. The van der Waals surface area contributed by atoms with Crippen LogP contribution in [0.1, 0.15) is 41.7 Å². The zero-order valence-corrected chi connectivity index (χ0v) is 20.7. The maximum Gasteiger partial charge on any atom is 0.262 e. The quantitative estimate of drug-likeness (QED) is 0.501. The Morgan fingerprint density at radius 3 is 2.62 bits per heavy atom. The molecule has 3 heterocycles. The molecule has 0 bridgehead atoms. The minimum absolute atomic E-state index is 0.0705. The highest BCUT2D eigenvalue weighted by Crippen LogP contribution is 2.25. The summed E-state index contributed by atoms with van der Waals surface area (Å²) in [6.45, 7) is 5.83. The molecular formula is C26H32N4O3S. The number of aryl methyl sites for hydroxylation is 2. The van der Waals surface area contributed by atoms with Gasteiger partial charge in [0.25, 0.3) is 5.56 Å². The summed E-state index contributed by atoms with van der Waals surface area (Å²) < 4.78 is 1.35. The summed E-state index contributed by atoms with van der Waals surface area (Å²) in [7, 11) is 0. The van der Waals surface area contributed by atoms with Gasteiger partial charge in [-0.1, -0.05) is 30.3 Å². The Labute approximate surface area is 203 Å². The van der Waals surface area contributed by atoms with Crippen LogP contribution >= 0.6 is 11.3 Å². The van der Waals surface area contributed by atoms with Crippen LogP contribution in [0.2, 0.25) is 0 Å². The van der Waals surface area contributed by atoms with Crippen LogP contribution in [0, 0.1) is 19.8 Å². The molecule has 1 N–H and O–H groups in total. The molecule has 0 radical (unpaired) electrons. The van der Waals surface area contributed by atoms with E-state index < -0.39 is 0 Å². The molecule has 1 aliphatic rings. The molecule has 1 aromatic carbocycles. The fourth-order valence-corrected chi connectivity index (χ4v) is 5.54. The van der Waals surface area contributed by atoms with Crippen LogP contribution in [0.4, 0.5) is 0 Å². The van der Waals surface area contributed by atoms with Crippen LogP contribution in [0.15, 0.2) is 41.5 Å². The van der Waals surface area contributed by atoms with Crippen molar-refractivity contribution >= 4 is 33.4 Å². The van der Waals surface area contributed by atoms with E-state index in [2.05, 4.69) is 34.6 Å². The summed E-state index contributed by atoms with van der Waals surface area (Å²) >= 11 is 1.49. The average molecular weight is 481 g/mol. The number of thiophene rings is 1. The minimum Gasteiger partial charge on any atom is -0.355 e. The van der Waals surface area contributed by atoms with Crippen LogP contribution in [-0.4, -0.2) is 45.9 Å². The van der Waals surface area contributed by atoms with Crippen molar-refractivity contribution in [3.63, 3.8) is 0 Å². The van der Waals surface area contributed by atoms with Crippen molar-refractivity contribution in [3.05, 3.63) is 63.0 Å². The highest BCUT2D eigenvalue weighted by molar-refractivity contribution is 7.18. The van der Waals surface area contributed by atoms with Gasteiger partial charge in [0.1, 0.15) is 11.4 Å². The Morgan fingerprint density at radius 1 is 1.15 bits per heavy atom. The SMILES string of the molecule is Cc1sc2ncn(CC(=O)NCCCC(=O)N3CCC(Cc4ccccc4)CC3)c(=O)c2c1C. The second-order valence-electron chi connectivity index (χ2n) is 9.11. The van der Waals surface area contributed by atoms with Crippen LogP contribution in [0.3, 0.4) is 0 Å². The van der Waals surface area contributed by atoms with E-state index in [1.54, 1.807) is 0 Å². The predicted octanol–water partition coefficient (Wildman–Crippen LogP) is 3.45. The fraction of sp³-hybridized carbons (Fsp3) is 0.462. The van der Waals surface area contributed by atoms with E-state index in [4.69, 9.17) is 0 Å². The summed E-state index contributed by atoms with van der Waals surface area (Å²) in [6, 6.07) is 10.5. The number of carbonyl (C=O) groups is 2. The average Bonchev–Trinajstić information content (AvgIpc) is 3.13. The number of likely N-dealkylation sites (tertiary alicyclic amines) is 1. The lowest BCUT2D eigenvalue weighted by Crippen LogP contribution is -2.39. The molecule has 1 aliphatic heterocycles. The maximum atomic E-state index is 12.7. The number of amides is 2. The molecule has 0 unspecified atom stereocenters. The van der Waals surface area contributed by atoms with E-state index in [9.17, 15) is 14.4 Å². The smallest absolute Gasteiger partial charge is 0.262 e. The van der Waals surface area contributed by atoms with Gasteiger partial charge < -0.3 is 10.2 Å². The minimum atomic E-state index is -0.248. The molecule has 1 fully saturated rings. The van der Waals surface area contributed by atoms with Gasteiger partial charge in [0.2, 0.25) is 11.8 Å². The van der Waals surface area contributed by atoms with Gasteiger partial charge in [-0.05, 0) is 56.6 Å². The molecule has 0 saturated carbocycles. The standard InChI is InChI=1S/C26H32N4O3S/c1-18-19(2)34-25-24(18)26(33)30(17-28-25)16-22(31)27-12-6-9-23(32)29-13-10-21(11-14-29)15-20-7-4-3-5-8-20/h3-5,7-8,17,21H,6,9-16H2,1-2H3,(H,27,31). The topological polar surface area (TPSA) is 84.3 Å². The van der Waals surface area contributed by atoms with Gasteiger partial charge in [-0.25, -0.2) is 4.98 Å². The normalized spacial score (nSPS) is 14.5. The lowest BCUT2D eigenvalue weighted by atomic mass is 9.90. The molecule has 4 rings (SSSR count). The summed E-state index contributed by atoms with van der Waals surface area (Å²) in [5.74, 6) is 0.535. The second-order valence-corrected chi connectivity index (χ2v) is 10.3. The number of rotatable bonds is 8. The molecule has 2 aromatic heterocycles. The van der Waals surface area contributed by atoms with Crippen molar-refractivity contribution in [1.29, 1.82) is 0 Å². The summed E-state index contributed by atoms with van der Waals surface area (Å²) in [5, 5.41) is 3.42. The lowest BCUT2D eigenvalue weighted by Gasteiger charge is -2.32. The van der Waals surface area contributed by atoms with Crippen LogP contribution in [0.5, 0.6) is 0 Å². The van der Waals surface area contributed by atoms with Crippen molar-refractivity contribution in [3.8, 4) is 0 Å². The molecule has 3 aromatic rings. The fourth-order valence-electron chi connectivity index (χ4n) is 4.55. The number of fused-ring (bicyclic) bond motifs is 1. The molecule has 180 valence electrons. The first kappa shape index (κ1) is 24.1. The maximum absolute atomic E-state index is 12.7. The van der Waals surface area contributed by atoms with Crippen molar-refractivity contribution < 1.29 is 9.59 Å². The molecule has 0 atom stereocenters. The third-order valence-corrected chi connectivity index (χ3v) is 7.81. The monoisotopic (exact) mass is 480 g/mol.